The molecule has 4 rings (SSSR count). The van der Waals surface area contributed by atoms with Crippen LogP contribution in [0.1, 0.15) is 43.6 Å². The van der Waals surface area contributed by atoms with Gasteiger partial charge in [-0.3, -0.25) is 0 Å². The van der Waals surface area contributed by atoms with Gasteiger partial charge in [0.25, 0.3) is 0 Å². The lowest BCUT2D eigenvalue weighted by Crippen LogP contribution is -2.46. The van der Waals surface area contributed by atoms with Crippen LogP contribution in [0.5, 0.6) is 5.75 Å². The lowest BCUT2D eigenvalue weighted by molar-refractivity contribution is 0.220. The highest BCUT2D eigenvalue weighted by Crippen LogP contribution is 2.53. The third-order valence-electron chi connectivity index (χ3n) is 5.45. The van der Waals surface area contributed by atoms with E-state index in [1.807, 2.05) is 0 Å². The van der Waals surface area contributed by atoms with Gasteiger partial charge in [0.2, 0.25) is 0 Å². The summed E-state index contributed by atoms with van der Waals surface area (Å²) in [6.45, 7) is 0.829. The Kier molecular flexibility index (Phi) is 2.25. The number of hydrogen-bond donors (Lipinski definition) is 1. The van der Waals surface area contributed by atoms with Crippen molar-refractivity contribution in [1.29, 1.82) is 0 Å². The molecule has 2 bridgehead atoms. The van der Waals surface area contributed by atoms with Crippen LogP contribution >= 0.6 is 0 Å². The summed E-state index contributed by atoms with van der Waals surface area (Å²) in [5, 5.41) is 0. The smallest absolute Gasteiger partial charge is 0.122 e. The number of benzene rings is 1. The molecule has 18 heavy (non-hydrogen) atoms. The Labute approximate surface area is 109 Å². The third kappa shape index (κ3) is 1.51. The minimum Gasteiger partial charge on any atom is -0.493 e. The number of fused-ring (bicyclic) bond motifs is 3. The van der Waals surface area contributed by atoms with Gasteiger partial charge in [0.15, 0.2) is 0 Å². The molecule has 2 heteroatoms. The van der Waals surface area contributed by atoms with Crippen molar-refractivity contribution < 1.29 is 4.74 Å². The van der Waals surface area contributed by atoms with Crippen LogP contribution in [0.4, 0.5) is 0 Å². The van der Waals surface area contributed by atoms with E-state index in [9.17, 15) is 0 Å². The molecule has 2 saturated carbocycles. The molecule has 0 saturated heterocycles. The zero-order chi connectivity index (χ0) is 12.2. The summed E-state index contributed by atoms with van der Waals surface area (Å²) in [5.74, 6) is 3.28. The topological polar surface area (TPSA) is 35.2 Å². The zero-order valence-electron chi connectivity index (χ0n) is 10.8. The first kappa shape index (κ1) is 10.9. The van der Waals surface area contributed by atoms with E-state index in [2.05, 4.69) is 24.3 Å². The fourth-order valence-corrected chi connectivity index (χ4v) is 4.59. The zero-order valence-corrected chi connectivity index (χ0v) is 10.8. The van der Waals surface area contributed by atoms with Crippen LogP contribution in [-0.4, -0.2) is 12.1 Å². The lowest BCUT2D eigenvalue weighted by Gasteiger charge is -2.35. The van der Waals surface area contributed by atoms with Crippen molar-refractivity contribution >= 4 is 0 Å². The number of rotatable bonds is 2. The molecule has 0 amide bonds. The average molecular weight is 243 g/mol. The van der Waals surface area contributed by atoms with Crippen LogP contribution in [0.2, 0.25) is 0 Å². The molecule has 2 fully saturated rings. The van der Waals surface area contributed by atoms with E-state index in [1.54, 1.807) is 0 Å². The standard InChI is InChI=1S/C16H21NO/c17-16(8-11-5-6-13(16)7-11)9-12-10-18-15-4-2-1-3-14(12)15/h1-4,11-13H,5-10,17H2. The Balaban J connectivity index is 1.56. The Morgan fingerprint density at radius 2 is 2.17 bits per heavy atom. The minimum absolute atomic E-state index is 0.0917. The average Bonchev–Trinajstić information content (AvgIpc) is 3.04. The van der Waals surface area contributed by atoms with E-state index >= 15 is 0 Å². The van der Waals surface area contributed by atoms with E-state index in [-0.39, 0.29) is 5.54 Å². The van der Waals surface area contributed by atoms with Crippen LogP contribution in [0.25, 0.3) is 0 Å². The second-order valence-corrected chi connectivity index (χ2v) is 6.56. The SMILES string of the molecule is NC1(CC2COc3ccccc32)CC2CCC1C2. The van der Waals surface area contributed by atoms with Gasteiger partial charge in [0.1, 0.15) is 5.75 Å². The first-order valence-electron chi connectivity index (χ1n) is 7.25. The van der Waals surface area contributed by atoms with Crippen molar-refractivity contribution in [3.8, 4) is 5.75 Å². The quantitative estimate of drug-likeness (QED) is 0.866. The Morgan fingerprint density at radius 3 is 2.94 bits per heavy atom. The number of para-hydroxylation sites is 1. The van der Waals surface area contributed by atoms with Crippen LogP contribution < -0.4 is 10.5 Å². The molecular formula is C16H21NO. The molecule has 2 N–H and O–H groups in total. The summed E-state index contributed by atoms with van der Waals surface area (Å²) >= 11 is 0. The Morgan fingerprint density at radius 1 is 1.28 bits per heavy atom. The highest BCUT2D eigenvalue weighted by molar-refractivity contribution is 5.40. The second-order valence-electron chi connectivity index (χ2n) is 6.56. The van der Waals surface area contributed by atoms with Gasteiger partial charge in [-0.05, 0) is 43.6 Å². The van der Waals surface area contributed by atoms with Crippen LogP contribution in [0, 0.1) is 11.8 Å². The fourth-order valence-electron chi connectivity index (χ4n) is 4.59. The first-order valence-corrected chi connectivity index (χ1v) is 7.25. The van der Waals surface area contributed by atoms with Gasteiger partial charge in [0.05, 0.1) is 6.61 Å². The number of hydrogen-bond acceptors (Lipinski definition) is 2. The largest absolute Gasteiger partial charge is 0.493 e. The van der Waals surface area contributed by atoms with Gasteiger partial charge < -0.3 is 10.5 Å². The third-order valence-corrected chi connectivity index (χ3v) is 5.45. The van der Waals surface area contributed by atoms with Crippen LogP contribution in [-0.2, 0) is 0 Å². The molecule has 2 nitrogen and oxygen atoms in total. The molecule has 0 aromatic heterocycles. The van der Waals surface area contributed by atoms with Crippen LogP contribution in [0.15, 0.2) is 24.3 Å². The molecular weight excluding hydrogens is 222 g/mol. The summed E-state index contributed by atoms with van der Waals surface area (Å²) in [5.41, 5.74) is 8.20. The molecule has 1 aliphatic heterocycles. The normalized spacial score (nSPS) is 40.8. The van der Waals surface area contributed by atoms with Crippen molar-refractivity contribution in [1.82, 2.24) is 0 Å². The predicted molar refractivity (Wildman–Crippen MR) is 71.7 cm³/mol. The maximum Gasteiger partial charge on any atom is 0.122 e. The Bertz CT molecular complexity index is 472. The van der Waals surface area contributed by atoms with Crippen molar-refractivity contribution in [2.24, 2.45) is 17.6 Å². The lowest BCUT2D eigenvalue weighted by atomic mass is 9.75. The molecule has 1 heterocycles. The molecule has 3 aliphatic rings. The highest BCUT2D eigenvalue weighted by atomic mass is 16.5. The minimum atomic E-state index is 0.0917. The summed E-state index contributed by atoms with van der Waals surface area (Å²) in [4.78, 5) is 0. The van der Waals surface area contributed by atoms with Crippen molar-refractivity contribution in [2.75, 3.05) is 6.61 Å². The van der Waals surface area contributed by atoms with Crippen molar-refractivity contribution in [3.05, 3.63) is 29.8 Å². The number of nitrogens with two attached hydrogens (primary N) is 1. The van der Waals surface area contributed by atoms with E-state index in [4.69, 9.17) is 10.5 Å². The molecule has 0 radical (unpaired) electrons. The molecule has 0 spiro atoms. The summed E-state index contributed by atoms with van der Waals surface area (Å²) in [6, 6.07) is 8.46. The van der Waals surface area contributed by atoms with Gasteiger partial charge in [0, 0.05) is 17.0 Å². The van der Waals surface area contributed by atoms with E-state index in [0.717, 1.165) is 30.6 Å². The second kappa shape index (κ2) is 3.74. The molecule has 4 unspecified atom stereocenters. The number of ether oxygens (including phenoxy) is 1. The van der Waals surface area contributed by atoms with Gasteiger partial charge >= 0.3 is 0 Å². The Hall–Kier alpha value is -1.02. The fraction of sp³-hybridized carbons (Fsp3) is 0.625. The monoisotopic (exact) mass is 243 g/mol. The molecule has 4 atom stereocenters. The van der Waals surface area contributed by atoms with Gasteiger partial charge in [-0.15, -0.1) is 0 Å². The van der Waals surface area contributed by atoms with Gasteiger partial charge in [-0.25, -0.2) is 0 Å². The van der Waals surface area contributed by atoms with E-state index < -0.39 is 0 Å². The summed E-state index contributed by atoms with van der Waals surface area (Å²) in [7, 11) is 0. The highest BCUT2D eigenvalue weighted by Gasteiger charge is 2.49. The maximum absolute atomic E-state index is 6.73. The first-order chi connectivity index (χ1) is 8.74. The van der Waals surface area contributed by atoms with E-state index in [1.165, 1.54) is 31.2 Å². The van der Waals surface area contributed by atoms with Gasteiger partial charge in [-0.1, -0.05) is 24.6 Å². The molecule has 2 aliphatic carbocycles. The van der Waals surface area contributed by atoms with Crippen LogP contribution in [0.3, 0.4) is 0 Å². The van der Waals surface area contributed by atoms with Gasteiger partial charge in [-0.2, -0.15) is 0 Å². The maximum atomic E-state index is 6.73. The van der Waals surface area contributed by atoms with E-state index in [0.29, 0.717) is 5.92 Å². The summed E-state index contributed by atoms with van der Waals surface area (Å²) < 4.78 is 5.79. The molecule has 96 valence electrons. The van der Waals surface area contributed by atoms with Crippen molar-refractivity contribution in [2.45, 2.75) is 43.6 Å². The van der Waals surface area contributed by atoms with Crippen molar-refractivity contribution in [3.63, 3.8) is 0 Å². The summed E-state index contributed by atoms with van der Waals surface area (Å²) in [6.07, 6.45) is 6.52. The molecule has 1 aromatic carbocycles. The predicted octanol–water partition coefficient (Wildman–Crippen LogP) is 3.07. The molecule has 1 aromatic rings.